The van der Waals surface area contributed by atoms with Gasteiger partial charge in [0.2, 0.25) is 0 Å². The van der Waals surface area contributed by atoms with Gasteiger partial charge in [-0.15, -0.1) is 0 Å². The highest BCUT2D eigenvalue weighted by Crippen LogP contribution is 1.61. The summed E-state index contributed by atoms with van der Waals surface area (Å²) in [4.78, 5) is 3.05. The second-order valence-electron chi connectivity index (χ2n) is 1.000. The van der Waals surface area contributed by atoms with E-state index in [1.54, 1.807) is 10.4 Å². The Morgan fingerprint density at radius 2 is 2.40 bits per heavy atom. The first-order chi connectivity index (χ1) is 2.41. The van der Waals surface area contributed by atoms with Crippen LogP contribution >= 0.6 is 0 Å². The molecule has 0 spiro atoms. The van der Waals surface area contributed by atoms with Crippen LogP contribution in [0.5, 0.6) is 0 Å². The Morgan fingerprint density at radius 1 is 1.80 bits per heavy atom. The maximum absolute atomic E-state index is 3.05. The molecule has 0 aliphatic heterocycles. The molecule has 5 heavy (non-hydrogen) atoms. The van der Waals surface area contributed by atoms with Crippen LogP contribution in [0.2, 0.25) is 0 Å². The smallest absolute Gasteiger partial charge is 0.0932 e. The Balaban J connectivity index is 2.19. The molecule has 0 heterocycles. The highest BCUT2D eigenvalue weighted by atomic mass is 28.2. The summed E-state index contributed by atoms with van der Waals surface area (Å²) < 4.78 is 0. The molecule has 0 saturated heterocycles. The molecule has 1 N–H and O–H groups in total. The van der Waals surface area contributed by atoms with Gasteiger partial charge in [-0.05, 0) is 13.0 Å². The molecule has 2 heteroatoms. The van der Waals surface area contributed by atoms with Crippen molar-refractivity contribution in [1.82, 2.24) is 4.98 Å². The molecule has 31 valence electrons. The Bertz CT molecular complexity index is 14.4. The Kier molecular flexibility index (Phi) is 4.32. The lowest BCUT2D eigenvalue weighted by molar-refractivity contribution is 0.868. The summed E-state index contributed by atoms with van der Waals surface area (Å²) in [5.74, 6) is 0. The molecular weight excluding hydrogens is 78.1 g/mol. The van der Waals surface area contributed by atoms with Crippen LogP contribution in [0.1, 0.15) is 13.3 Å². The number of rotatable bonds is 2. The predicted molar refractivity (Wildman–Crippen MR) is 26.8 cm³/mol. The van der Waals surface area contributed by atoms with E-state index in [1.807, 2.05) is 0 Å². The lowest BCUT2D eigenvalue weighted by Gasteiger charge is -1.84. The average molecular weight is 88.2 g/mol. The van der Waals surface area contributed by atoms with E-state index in [2.05, 4.69) is 11.9 Å². The lowest BCUT2D eigenvalue weighted by Crippen LogP contribution is -2.07. The van der Waals surface area contributed by atoms with Crippen LogP contribution in [-0.2, 0) is 0 Å². The van der Waals surface area contributed by atoms with Crippen molar-refractivity contribution in [2.75, 3.05) is 6.54 Å². The van der Waals surface area contributed by atoms with Gasteiger partial charge in [0.15, 0.2) is 0 Å². The molecule has 1 nitrogen and oxygen atoms in total. The molecule has 0 bridgehead atoms. The lowest BCUT2D eigenvalue weighted by atomic mass is 10.5. The molecule has 0 aliphatic rings. The Morgan fingerprint density at radius 3 is 2.40 bits per heavy atom. The number of hydrogen-bond acceptors (Lipinski definition) is 1. The number of nitrogens with one attached hydrogen (secondary N) is 1. The Labute approximate surface area is 36.3 Å². The largest absolute Gasteiger partial charge is 0.343 e. The van der Waals surface area contributed by atoms with Gasteiger partial charge in [0, 0.05) is 0 Å². The predicted octanol–water partition coefficient (Wildman–Crippen LogP) is -0.466. The van der Waals surface area contributed by atoms with E-state index < -0.39 is 0 Å². The zero-order valence-corrected chi connectivity index (χ0v) is 5.04. The van der Waals surface area contributed by atoms with Crippen molar-refractivity contribution in [3.8, 4) is 0 Å². The number of hydrogen-bond donors (Lipinski definition) is 1. The second kappa shape index (κ2) is 4.18. The first kappa shape index (κ1) is 5.18. The minimum atomic E-state index is 1.15. The van der Waals surface area contributed by atoms with Gasteiger partial charge in [0.25, 0.3) is 0 Å². The molecule has 0 atom stereocenters. The molecule has 0 fully saturated rings. The normalized spacial score (nSPS) is 8.40. The molecule has 0 aromatic carbocycles. The summed E-state index contributed by atoms with van der Waals surface area (Å²) in [6, 6.07) is 0. The van der Waals surface area contributed by atoms with Crippen LogP contribution in [0.4, 0.5) is 0 Å². The van der Waals surface area contributed by atoms with Crippen molar-refractivity contribution in [3.05, 3.63) is 0 Å². The monoisotopic (exact) mass is 88.1 g/mol. The quantitative estimate of drug-likeness (QED) is 0.450. The molecule has 0 amide bonds. The topological polar surface area (TPSA) is 12.0 Å². The zero-order valence-electron chi connectivity index (χ0n) is 3.62. The van der Waals surface area contributed by atoms with E-state index in [0.717, 1.165) is 6.54 Å². The van der Waals surface area contributed by atoms with Crippen LogP contribution < -0.4 is 4.98 Å². The van der Waals surface area contributed by atoms with E-state index in [0.29, 0.717) is 0 Å². The van der Waals surface area contributed by atoms with E-state index >= 15 is 0 Å². The SMILES string of the molecule is CCCN[SiH2]. The Hall–Kier alpha value is 0.177. The van der Waals surface area contributed by atoms with E-state index in [4.69, 9.17) is 0 Å². The first-order valence-corrected chi connectivity index (χ1v) is 2.62. The molecule has 1 radical (unpaired) electrons. The maximum atomic E-state index is 3.05. The van der Waals surface area contributed by atoms with E-state index in [1.165, 1.54) is 6.42 Å². The van der Waals surface area contributed by atoms with Gasteiger partial charge in [-0.25, -0.2) is 0 Å². The molecule has 0 aromatic rings. The van der Waals surface area contributed by atoms with Crippen molar-refractivity contribution in [3.63, 3.8) is 0 Å². The fourth-order valence-electron chi connectivity index (χ4n) is 0.177. The third-order valence-electron chi connectivity index (χ3n) is 0.427. The molecular formula is C3H10NSi. The first-order valence-electron chi connectivity index (χ1n) is 1.91. The highest BCUT2D eigenvalue weighted by molar-refractivity contribution is 6.04. The van der Waals surface area contributed by atoms with Crippen molar-refractivity contribution in [1.29, 1.82) is 0 Å². The van der Waals surface area contributed by atoms with Gasteiger partial charge < -0.3 is 4.98 Å². The maximum Gasteiger partial charge on any atom is 0.0932 e. The van der Waals surface area contributed by atoms with Crippen LogP contribution in [0.25, 0.3) is 0 Å². The summed E-state index contributed by atoms with van der Waals surface area (Å²) in [5, 5.41) is 0. The van der Waals surface area contributed by atoms with Crippen LogP contribution in [0, 0.1) is 0 Å². The van der Waals surface area contributed by atoms with E-state index in [9.17, 15) is 0 Å². The van der Waals surface area contributed by atoms with Gasteiger partial charge in [0.05, 0.1) is 10.4 Å². The fourth-order valence-corrected chi connectivity index (χ4v) is 0.530. The zero-order chi connectivity index (χ0) is 4.12. The van der Waals surface area contributed by atoms with Gasteiger partial charge in [0.1, 0.15) is 0 Å². The van der Waals surface area contributed by atoms with Crippen LogP contribution in [-0.4, -0.2) is 16.9 Å². The third-order valence-corrected chi connectivity index (χ3v) is 0.780. The minimum absolute atomic E-state index is 1.15. The average Bonchev–Trinajstić information content (AvgIpc) is 1.41. The molecule has 0 saturated carbocycles. The molecule has 0 rings (SSSR count). The highest BCUT2D eigenvalue weighted by Gasteiger charge is 1.64. The fraction of sp³-hybridized carbons (Fsp3) is 1.00. The summed E-state index contributed by atoms with van der Waals surface area (Å²) in [6.07, 6.45) is 1.24. The molecule has 0 unspecified atom stereocenters. The molecule has 0 aromatic heterocycles. The van der Waals surface area contributed by atoms with Crippen molar-refractivity contribution >= 4 is 10.4 Å². The van der Waals surface area contributed by atoms with Crippen LogP contribution in [0.3, 0.4) is 0 Å². The third kappa shape index (κ3) is 4.18. The van der Waals surface area contributed by atoms with Gasteiger partial charge in [-0.1, -0.05) is 6.92 Å². The van der Waals surface area contributed by atoms with Crippen molar-refractivity contribution in [2.45, 2.75) is 13.3 Å². The summed E-state index contributed by atoms with van der Waals surface area (Å²) in [6.45, 7) is 3.30. The molecule has 0 aliphatic carbocycles. The van der Waals surface area contributed by atoms with Crippen LogP contribution in [0.15, 0.2) is 0 Å². The minimum Gasteiger partial charge on any atom is -0.343 e. The van der Waals surface area contributed by atoms with E-state index in [-0.39, 0.29) is 0 Å². The van der Waals surface area contributed by atoms with Crippen molar-refractivity contribution < 1.29 is 0 Å². The standard InChI is InChI=1S/C3H10NSi/c1-2-3-4-5/h4H,2-3,5H2,1H3. The second-order valence-corrected chi connectivity index (χ2v) is 1.50. The summed E-state index contributed by atoms with van der Waals surface area (Å²) >= 11 is 0. The van der Waals surface area contributed by atoms with Gasteiger partial charge in [-0.3, -0.25) is 0 Å². The van der Waals surface area contributed by atoms with Gasteiger partial charge >= 0.3 is 0 Å². The van der Waals surface area contributed by atoms with Crippen molar-refractivity contribution in [2.24, 2.45) is 0 Å². The summed E-state index contributed by atoms with van der Waals surface area (Å²) in [7, 11) is 1.80. The van der Waals surface area contributed by atoms with Gasteiger partial charge in [-0.2, -0.15) is 0 Å². The summed E-state index contributed by atoms with van der Waals surface area (Å²) in [5.41, 5.74) is 0.